The summed E-state index contributed by atoms with van der Waals surface area (Å²) in [5.41, 5.74) is 1.36. The van der Waals surface area contributed by atoms with Gasteiger partial charge < -0.3 is 4.18 Å². The summed E-state index contributed by atoms with van der Waals surface area (Å²) in [6.45, 7) is 0.155. The number of rotatable bonds is 6. The first-order valence-electron chi connectivity index (χ1n) is 9.42. The van der Waals surface area contributed by atoms with Crippen LogP contribution < -0.4 is 4.18 Å². The number of thioether (sulfide) groups is 1. The molecule has 1 aliphatic rings. The van der Waals surface area contributed by atoms with E-state index in [-0.39, 0.29) is 27.3 Å². The number of imide groups is 1. The Bertz CT molecular complexity index is 1320. The number of nitrogens with zero attached hydrogens (tertiary/aromatic N) is 1. The Balaban J connectivity index is 1.54. The van der Waals surface area contributed by atoms with Crippen LogP contribution in [0.1, 0.15) is 11.1 Å². The molecule has 1 saturated heterocycles. The highest BCUT2D eigenvalue weighted by Crippen LogP contribution is 2.34. The van der Waals surface area contributed by atoms with Gasteiger partial charge in [0.1, 0.15) is 10.6 Å². The van der Waals surface area contributed by atoms with E-state index in [1.54, 1.807) is 36.4 Å². The van der Waals surface area contributed by atoms with Crippen molar-refractivity contribution in [2.75, 3.05) is 0 Å². The Morgan fingerprint density at radius 3 is 2.41 bits per heavy atom. The second kappa shape index (κ2) is 9.32. The molecule has 1 fully saturated rings. The van der Waals surface area contributed by atoms with Crippen molar-refractivity contribution in [2.45, 2.75) is 11.4 Å². The van der Waals surface area contributed by atoms with Crippen LogP contribution in [0.25, 0.3) is 6.08 Å². The lowest BCUT2D eigenvalue weighted by Gasteiger charge is -2.13. The van der Waals surface area contributed by atoms with Gasteiger partial charge in [0, 0.05) is 4.47 Å². The van der Waals surface area contributed by atoms with Gasteiger partial charge in [0.25, 0.3) is 11.1 Å². The molecule has 0 aliphatic carbocycles. The van der Waals surface area contributed by atoms with Gasteiger partial charge in [0.2, 0.25) is 0 Å². The summed E-state index contributed by atoms with van der Waals surface area (Å²) in [6.07, 6.45) is 1.55. The molecule has 0 bridgehead atoms. The summed E-state index contributed by atoms with van der Waals surface area (Å²) in [7, 11) is -3.98. The molecule has 0 aromatic heterocycles. The molecule has 162 valence electrons. The molecule has 6 nitrogen and oxygen atoms in total. The smallest absolute Gasteiger partial charge is 0.339 e. The van der Waals surface area contributed by atoms with Crippen molar-refractivity contribution >= 4 is 55.0 Å². The zero-order valence-electron chi connectivity index (χ0n) is 16.5. The van der Waals surface area contributed by atoms with Gasteiger partial charge in [0.15, 0.2) is 0 Å². The summed E-state index contributed by atoms with van der Waals surface area (Å²) in [5, 5.41) is -0.365. The van der Waals surface area contributed by atoms with Crippen molar-refractivity contribution in [1.82, 2.24) is 4.90 Å². The largest absolute Gasteiger partial charge is 0.379 e. The highest BCUT2D eigenvalue weighted by atomic mass is 79.9. The lowest BCUT2D eigenvalue weighted by atomic mass is 10.2. The normalized spacial score (nSPS) is 15.4. The number of carbonyl (C=O) groups is 2. The number of amides is 2. The topological polar surface area (TPSA) is 80.8 Å². The van der Waals surface area contributed by atoms with Crippen molar-refractivity contribution in [3.63, 3.8) is 0 Å². The van der Waals surface area contributed by atoms with E-state index < -0.39 is 16.0 Å². The first kappa shape index (κ1) is 22.3. The SMILES string of the molecule is O=C1S/C(=C\c2cccc(OS(=O)(=O)c3ccccc3)c2)C(=O)N1Cc1ccccc1Br. The Morgan fingerprint density at radius 1 is 0.938 bits per heavy atom. The van der Waals surface area contributed by atoms with Crippen LogP contribution in [-0.4, -0.2) is 24.5 Å². The minimum absolute atomic E-state index is 0.0404. The maximum absolute atomic E-state index is 12.8. The third-order valence-electron chi connectivity index (χ3n) is 4.55. The molecule has 3 aromatic carbocycles. The van der Waals surface area contributed by atoms with E-state index in [1.165, 1.54) is 29.2 Å². The third-order valence-corrected chi connectivity index (χ3v) is 7.50. The summed E-state index contributed by atoms with van der Waals surface area (Å²) in [4.78, 5) is 26.7. The first-order chi connectivity index (χ1) is 15.3. The number of benzene rings is 3. The van der Waals surface area contributed by atoms with Crippen molar-refractivity contribution in [1.29, 1.82) is 0 Å². The van der Waals surface area contributed by atoms with E-state index >= 15 is 0 Å². The lowest BCUT2D eigenvalue weighted by Crippen LogP contribution is -2.27. The second-order valence-corrected chi connectivity index (χ2v) is 10.2. The van der Waals surface area contributed by atoms with E-state index in [9.17, 15) is 18.0 Å². The van der Waals surface area contributed by atoms with Gasteiger partial charge >= 0.3 is 10.1 Å². The Morgan fingerprint density at radius 2 is 1.66 bits per heavy atom. The van der Waals surface area contributed by atoms with Gasteiger partial charge in [0.05, 0.1) is 11.4 Å². The first-order valence-corrected chi connectivity index (χ1v) is 12.4. The summed E-state index contributed by atoms with van der Waals surface area (Å²) in [6, 6.07) is 21.5. The van der Waals surface area contributed by atoms with Crippen LogP contribution >= 0.6 is 27.7 Å². The molecular weight excluding hydrogens is 514 g/mol. The van der Waals surface area contributed by atoms with Crippen LogP contribution in [0.15, 0.2) is 93.1 Å². The van der Waals surface area contributed by atoms with Crippen LogP contribution in [0.3, 0.4) is 0 Å². The fraction of sp³-hybridized carbons (Fsp3) is 0.0435. The minimum Gasteiger partial charge on any atom is -0.379 e. The molecule has 0 saturated carbocycles. The van der Waals surface area contributed by atoms with E-state index in [0.717, 1.165) is 21.8 Å². The molecule has 0 spiro atoms. The molecule has 0 unspecified atom stereocenters. The zero-order valence-corrected chi connectivity index (χ0v) is 19.7. The van der Waals surface area contributed by atoms with Crippen LogP contribution in [-0.2, 0) is 21.5 Å². The summed E-state index contributed by atoms with van der Waals surface area (Å²) < 4.78 is 30.9. The molecule has 1 aliphatic heterocycles. The molecule has 32 heavy (non-hydrogen) atoms. The number of hydrogen-bond donors (Lipinski definition) is 0. The fourth-order valence-electron chi connectivity index (χ4n) is 3.00. The molecule has 0 N–H and O–H groups in total. The average Bonchev–Trinajstić information content (AvgIpc) is 3.03. The van der Waals surface area contributed by atoms with Crippen LogP contribution in [0.2, 0.25) is 0 Å². The highest BCUT2D eigenvalue weighted by Gasteiger charge is 2.35. The van der Waals surface area contributed by atoms with Crippen molar-refractivity contribution in [3.8, 4) is 5.75 Å². The number of hydrogen-bond acceptors (Lipinski definition) is 6. The minimum atomic E-state index is -3.98. The van der Waals surface area contributed by atoms with Crippen LogP contribution in [0.4, 0.5) is 4.79 Å². The average molecular weight is 530 g/mol. The van der Waals surface area contributed by atoms with E-state index in [1.807, 2.05) is 24.3 Å². The van der Waals surface area contributed by atoms with E-state index in [4.69, 9.17) is 4.18 Å². The summed E-state index contributed by atoms with van der Waals surface area (Å²) in [5.74, 6) is -0.297. The van der Waals surface area contributed by atoms with E-state index in [2.05, 4.69) is 15.9 Å². The molecule has 4 rings (SSSR count). The zero-order chi connectivity index (χ0) is 22.7. The fourth-order valence-corrected chi connectivity index (χ4v) is 5.19. The Hall–Kier alpha value is -2.88. The predicted octanol–water partition coefficient (Wildman–Crippen LogP) is 5.45. The predicted molar refractivity (Wildman–Crippen MR) is 126 cm³/mol. The molecule has 0 radical (unpaired) electrons. The van der Waals surface area contributed by atoms with Gasteiger partial charge in [-0.05, 0) is 59.3 Å². The maximum atomic E-state index is 12.8. The monoisotopic (exact) mass is 529 g/mol. The number of halogens is 1. The van der Waals surface area contributed by atoms with Gasteiger partial charge in [-0.15, -0.1) is 0 Å². The molecule has 9 heteroatoms. The number of carbonyl (C=O) groups excluding carboxylic acids is 2. The second-order valence-electron chi connectivity index (χ2n) is 6.78. The van der Waals surface area contributed by atoms with Crippen molar-refractivity contribution in [2.24, 2.45) is 0 Å². The molecule has 3 aromatic rings. The Kier molecular flexibility index (Phi) is 6.50. The van der Waals surface area contributed by atoms with Gasteiger partial charge in [-0.1, -0.05) is 64.5 Å². The van der Waals surface area contributed by atoms with Crippen LogP contribution in [0, 0.1) is 0 Å². The third kappa shape index (κ3) is 4.95. The molecule has 2 amide bonds. The van der Waals surface area contributed by atoms with Crippen molar-refractivity contribution in [3.05, 3.63) is 99.4 Å². The van der Waals surface area contributed by atoms with Gasteiger partial charge in [-0.2, -0.15) is 8.42 Å². The molecule has 0 atom stereocenters. The highest BCUT2D eigenvalue weighted by molar-refractivity contribution is 9.10. The lowest BCUT2D eigenvalue weighted by molar-refractivity contribution is -0.123. The Labute approximate surface area is 198 Å². The van der Waals surface area contributed by atoms with E-state index in [0.29, 0.717) is 5.56 Å². The molecule has 1 heterocycles. The maximum Gasteiger partial charge on any atom is 0.339 e. The van der Waals surface area contributed by atoms with Gasteiger partial charge in [-0.3, -0.25) is 14.5 Å². The van der Waals surface area contributed by atoms with Crippen molar-refractivity contribution < 1.29 is 22.2 Å². The summed E-state index contributed by atoms with van der Waals surface area (Å²) >= 11 is 4.27. The van der Waals surface area contributed by atoms with Gasteiger partial charge in [-0.25, -0.2) is 0 Å². The molecular formula is C23H16BrNO5S2. The quantitative estimate of drug-likeness (QED) is 0.311. The van der Waals surface area contributed by atoms with Crippen LogP contribution in [0.5, 0.6) is 5.75 Å². The standard InChI is InChI=1S/C23H16BrNO5S2/c24-20-12-5-4-8-17(20)15-25-22(26)21(31-23(25)27)14-16-7-6-9-18(13-16)30-32(28,29)19-10-2-1-3-11-19/h1-14H,15H2/b21-14-.